The Morgan fingerprint density at radius 3 is 2.28 bits per heavy atom. The van der Waals surface area contributed by atoms with E-state index in [9.17, 15) is 0 Å². The molecule has 0 fully saturated rings. The first-order valence-corrected chi connectivity index (χ1v) is 6.74. The summed E-state index contributed by atoms with van der Waals surface area (Å²) in [5, 5.41) is 3.34. The molecule has 2 rings (SSSR count). The van der Waals surface area contributed by atoms with E-state index in [4.69, 9.17) is 0 Å². The van der Waals surface area contributed by atoms with Crippen LogP contribution in [-0.4, -0.2) is 16.0 Å². The van der Waals surface area contributed by atoms with Crippen LogP contribution in [0.25, 0.3) is 11.4 Å². The van der Waals surface area contributed by atoms with Crippen LogP contribution in [0.4, 0.5) is 0 Å². The Morgan fingerprint density at radius 1 is 1.11 bits per heavy atom. The molecule has 94 valence electrons. The van der Waals surface area contributed by atoms with E-state index in [1.54, 1.807) is 0 Å². The van der Waals surface area contributed by atoms with Crippen molar-refractivity contribution in [2.75, 3.05) is 0 Å². The van der Waals surface area contributed by atoms with E-state index in [0.717, 1.165) is 28.0 Å². The van der Waals surface area contributed by atoms with Gasteiger partial charge in [-0.3, -0.25) is 0 Å². The molecule has 1 heterocycles. The molecule has 2 aromatic rings. The van der Waals surface area contributed by atoms with Crippen molar-refractivity contribution in [2.45, 2.75) is 26.4 Å². The molecular formula is C14H16BrN3. The van der Waals surface area contributed by atoms with Crippen molar-refractivity contribution in [3.05, 3.63) is 46.7 Å². The van der Waals surface area contributed by atoms with Gasteiger partial charge in [0, 0.05) is 40.6 Å². The van der Waals surface area contributed by atoms with Crippen LogP contribution in [0.3, 0.4) is 0 Å². The third kappa shape index (κ3) is 3.62. The highest BCUT2D eigenvalue weighted by Crippen LogP contribution is 2.17. The fourth-order valence-corrected chi connectivity index (χ4v) is 1.78. The predicted octanol–water partition coefficient (Wildman–Crippen LogP) is 3.40. The Labute approximate surface area is 116 Å². The molecule has 1 N–H and O–H groups in total. The smallest absolute Gasteiger partial charge is 0.159 e. The number of hydrogen-bond donors (Lipinski definition) is 1. The molecule has 0 spiro atoms. The molecule has 1 aromatic heterocycles. The highest BCUT2D eigenvalue weighted by atomic mass is 79.9. The fourth-order valence-electron chi connectivity index (χ4n) is 1.52. The number of aromatic nitrogens is 2. The maximum atomic E-state index is 4.39. The van der Waals surface area contributed by atoms with Gasteiger partial charge >= 0.3 is 0 Å². The van der Waals surface area contributed by atoms with E-state index < -0.39 is 0 Å². The Morgan fingerprint density at radius 2 is 1.72 bits per heavy atom. The molecule has 0 amide bonds. The molecule has 18 heavy (non-hydrogen) atoms. The summed E-state index contributed by atoms with van der Waals surface area (Å²) in [5.74, 6) is 0.760. The molecule has 0 radical (unpaired) electrons. The van der Waals surface area contributed by atoms with Crippen molar-refractivity contribution in [3.8, 4) is 11.4 Å². The van der Waals surface area contributed by atoms with Gasteiger partial charge in [-0.15, -0.1) is 0 Å². The minimum Gasteiger partial charge on any atom is -0.310 e. The highest BCUT2D eigenvalue weighted by molar-refractivity contribution is 9.10. The molecule has 0 saturated carbocycles. The van der Waals surface area contributed by atoms with Gasteiger partial charge in [-0.1, -0.05) is 41.9 Å². The van der Waals surface area contributed by atoms with Crippen molar-refractivity contribution >= 4 is 15.9 Å². The number of rotatable bonds is 4. The Balaban J connectivity index is 2.09. The summed E-state index contributed by atoms with van der Waals surface area (Å²) in [6, 6.07) is 8.47. The van der Waals surface area contributed by atoms with E-state index in [2.05, 4.69) is 45.1 Å². The zero-order chi connectivity index (χ0) is 13.0. The predicted molar refractivity (Wildman–Crippen MR) is 77.1 cm³/mol. The van der Waals surface area contributed by atoms with E-state index in [1.807, 2.05) is 36.7 Å². The monoisotopic (exact) mass is 305 g/mol. The van der Waals surface area contributed by atoms with Crippen LogP contribution in [0.2, 0.25) is 0 Å². The first-order valence-electron chi connectivity index (χ1n) is 5.95. The molecule has 0 bridgehead atoms. The van der Waals surface area contributed by atoms with Crippen LogP contribution in [0.15, 0.2) is 41.1 Å². The lowest BCUT2D eigenvalue weighted by Crippen LogP contribution is -2.21. The van der Waals surface area contributed by atoms with Gasteiger partial charge in [0.1, 0.15) is 0 Å². The van der Waals surface area contributed by atoms with Gasteiger partial charge in [0.25, 0.3) is 0 Å². The quantitative estimate of drug-likeness (QED) is 0.940. The van der Waals surface area contributed by atoms with Crippen molar-refractivity contribution in [2.24, 2.45) is 0 Å². The van der Waals surface area contributed by atoms with Gasteiger partial charge in [-0.25, -0.2) is 9.97 Å². The maximum Gasteiger partial charge on any atom is 0.159 e. The van der Waals surface area contributed by atoms with Crippen LogP contribution in [0.1, 0.15) is 19.4 Å². The molecule has 0 aliphatic heterocycles. The molecule has 0 saturated heterocycles. The number of nitrogens with zero attached hydrogens (tertiary/aromatic N) is 2. The Bertz CT molecular complexity index is 491. The van der Waals surface area contributed by atoms with Gasteiger partial charge in [0.15, 0.2) is 5.82 Å². The topological polar surface area (TPSA) is 37.8 Å². The minimum absolute atomic E-state index is 0.469. The van der Waals surface area contributed by atoms with E-state index in [-0.39, 0.29) is 0 Å². The van der Waals surface area contributed by atoms with Gasteiger partial charge in [-0.05, 0) is 12.1 Å². The lowest BCUT2D eigenvalue weighted by atomic mass is 10.2. The second kappa shape index (κ2) is 6.07. The maximum absolute atomic E-state index is 4.39. The third-order valence-electron chi connectivity index (χ3n) is 2.52. The second-order valence-corrected chi connectivity index (χ2v) is 5.37. The van der Waals surface area contributed by atoms with Crippen molar-refractivity contribution in [1.82, 2.24) is 15.3 Å². The average Bonchev–Trinajstić information content (AvgIpc) is 2.38. The van der Waals surface area contributed by atoms with Crippen molar-refractivity contribution < 1.29 is 0 Å². The summed E-state index contributed by atoms with van der Waals surface area (Å²) in [6.45, 7) is 5.05. The van der Waals surface area contributed by atoms with Crippen LogP contribution in [-0.2, 0) is 6.54 Å². The molecule has 3 nitrogen and oxygen atoms in total. The first kappa shape index (κ1) is 13.2. The molecular weight excluding hydrogens is 290 g/mol. The number of nitrogens with one attached hydrogen (secondary N) is 1. The van der Waals surface area contributed by atoms with Crippen LogP contribution in [0.5, 0.6) is 0 Å². The van der Waals surface area contributed by atoms with Crippen LogP contribution < -0.4 is 5.32 Å². The van der Waals surface area contributed by atoms with E-state index in [0.29, 0.717) is 6.04 Å². The zero-order valence-corrected chi connectivity index (χ0v) is 12.1. The number of hydrogen-bond acceptors (Lipinski definition) is 3. The molecule has 0 aliphatic carbocycles. The second-order valence-electron chi connectivity index (χ2n) is 4.46. The minimum atomic E-state index is 0.469. The van der Waals surface area contributed by atoms with Crippen LogP contribution >= 0.6 is 15.9 Å². The SMILES string of the molecule is CC(C)NCc1cnc(-c2ccc(Br)cc2)nc1. The summed E-state index contributed by atoms with van der Waals surface area (Å²) in [6.07, 6.45) is 3.75. The summed E-state index contributed by atoms with van der Waals surface area (Å²) in [5.41, 5.74) is 2.13. The van der Waals surface area contributed by atoms with Crippen LogP contribution in [0, 0.1) is 0 Å². The lowest BCUT2D eigenvalue weighted by molar-refractivity contribution is 0.587. The third-order valence-corrected chi connectivity index (χ3v) is 3.05. The summed E-state index contributed by atoms with van der Waals surface area (Å²) in [7, 11) is 0. The lowest BCUT2D eigenvalue weighted by Gasteiger charge is -2.07. The van der Waals surface area contributed by atoms with E-state index >= 15 is 0 Å². The molecule has 1 aromatic carbocycles. The van der Waals surface area contributed by atoms with E-state index in [1.165, 1.54) is 0 Å². The molecule has 0 atom stereocenters. The van der Waals surface area contributed by atoms with Crippen molar-refractivity contribution in [1.29, 1.82) is 0 Å². The van der Waals surface area contributed by atoms with Gasteiger partial charge in [0.05, 0.1) is 0 Å². The van der Waals surface area contributed by atoms with Crippen molar-refractivity contribution in [3.63, 3.8) is 0 Å². The summed E-state index contributed by atoms with van der Waals surface area (Å²) >= 11 is 3.41. The first-order chi connectivity index (χ1) is 8.65. The molecule has 4 heteroatoms. The standard InChI is InChI=1S/C14H16BrN3/c1-10(2)16-7-11-8-17-14(18-9-11)12-3-5-13(15)6-4-12/h3-6,8-10,16H,7H2,1-2H3. The van der Waals surface area contributed by atoms with Gasteiger partial charge in [0.2, 0.25) is 0 Å². The van der Waals surface area contributed by atoms with Gasteiger partial charge in [-0.2, -0.15) is 0 Å². The summed E-state index contributed by atoms with van der Waals surface area (Å²) in [4.78, 5) is 8.78. The number of benzene rings is 1. The Kier molecular flexibility index (Phi) is 4.44. The average molecular weight is 306 g/mol. The zero-order valence-electron chi connectivity index (χ0n) is 10.5. The normalized spacial score (nSPS) is 10.9. The fraction of sp³-hybridized carbons (Fsp3) is 0.286. The molecule has 0 aliphatic rings. The van der Waals surface area contributed by atoms with Gasteiger partial charge < -0.3 is 5.32 Å². The summed E-state index contributed by atoms with van der Waals surface area (Å²) < 4.78 is 1.06. The largest absolute Gasteiger partial charge is 0.310 e. The Hall–Kier alpha value is -1.26. The highest BCUT2D eigenvalue weighted by Gasteiger charge is 2.01. The number of halogens is 1. The molecule has 0 unspecified atom stereocenters.